The molecular formula is C14H17BrN2. The minimum Gasteiger partial charge on any atom is -0.354 e. The van der Waals surface area contributed by atoms with Gasteiger partial charge < -0.3 is 10.3 Å². The maximum absolute atomic E-state index is 5.73. The highest BCUT2D eigenvalue weighted by Crippen LogP contribution is 2.28. The maximum Gasteiger partial charge on any atom is 0.0254 e. The first-order chi connectivity index (χ1) is 8.22. The van der Waals surface area contributed by atoms with Gasteiger partial charge in [-0.1, -0.05) is 28.1 Å². The molecule has 0 aliphatic rings. The smallest absolute Gasteiger partial charge is 0.0254 e. The van der Waals surface area contributed by atoms with Crippen molar-refractivity contribution in [2.75, 3.05) is 6.54 Å². The minimum absolute atomic E-state index is 0.382. The second-order valence-corrected chi connectivity index (χ2v) is 5.14. The predicted octanol–water partition coefficient (Wildman–Crippen LogP) is 3.27. The van der Waals surface area contributed by atoms with Gasteiger partial charge in [-0.2, -0.15) is 0 Å². The van der Waals surface area contributed by atoms with E-state index in [2.05, 4.69) is 70.1 Å². The van der Waals surface area contributed by atoms with Gasteiger partial charge in [0, 0.05) is 29.3 Å². The van der Waals surface area contributed by atoms with Crippen LogP contribution in [-0.4, -0.2) is 11.1 Å². The summed E-state index contributed by atoms with van der Waals surface area (Å²) in [6.45, 7) is 0.700. The first-order valence-corrected chi connectivity index (χ1v) is 6.58. The van der Waals surface area contributed by atoms with Gasteiger partial charge in [-0.25, -0.2) is 0 Å². The fraction of sp³-hybridized carbons (Fsp3) is 0.286. The fourth-order valence-electron chi connectivity index (χ4n) is 2.18. The van der Waals surface area contributed by atoms with Gasteiger partial charge in [0.05, 0.1) is 0 Å². The number of aromatic nitrogens is 1. The normalized spacial score (nSPS) is 12.6. The van der Waals surface area contributed by atoms with Crippen molar-refractivity contribution in [1.29, 1.82) is 0 Å². The number of halogens is 1. The van der Waals surface area contributed by atoms with Crippen LogP contribution in [0.15, 0.2) is 47.1 Å². The van der Waals surface area contributed by atoms with Crippen LogP contribution in [0.25, 0.3) is 0 Å². The molecule has 0 spiro atoms. The van der Waals surface area contributed by atoms with Crippen LogP contribution in [0.4, 0.5) is 0 Å². The van der Waals surface area contributed by atoms with Crippen LogP contribution in [0.2, 0.25) is 0 Å². The Morgan fingerprint density at radius 2 is 1.94 bits per heavy atom. The number of rotatable bonds is 4. The molecular weight excluding hydrogens is 276 g/mol. The number of aryl methyl sites for hydroxylation is 1. The van der Waals surface area contributed by atoms with E-state index in [0.717, 1.165) is 10.9 Å². The Labute approximate surface area is 111 Å². The van der Waals surface area contributed by atoms with Gasteiger partial charge in [-0.3, -0.25) is 0 Å². The van der Waals surface area contributed by atoms with Gasteiger partial charge in [-0.05, 0) is 42.8 Å². The largest absolute Gasteiger partial charge is 0.354 e. The number of benzene rings is 1. The topological polar surface area (TPSA) is 30.9 Å². The number of nitrogens with two attached hydrogens (primary N) is 1. The minimum atomic E-state index is 0.382. The molecule has 2 aromatic rings. The highest BCUT2D eigenvalue weighted by atomic mass is 79.9. The van der Waals surface area contributed by atoms with E-state index in [4.69, 9.17) is 5.73 Å². The third-order valence-electron chi connectivity index (χ3n) is 3.07. The van der Waals surface area contributed by atoms with Crippen LogP contribution in [0, 0.1) is 0 Å². The fourth-order valence-corrected chi connectivity index (χ4v) is 2.45. The van der Waals surface area contributed by atoms with Crippen molar-refractivity contribution in [1.82, 2.24) is 4.57 Å². The zero-order valence-electron chi connectivity index (χ0n) is 9.94. The Morgan fingerprint density at radius 3 is 2.47 bits per heavy atom. The van der Waals surface area contributed by atoms with Crippen molar-refractivity contribution in [3.05, 3.63) is 58.3 Å². The molecule has 2 rings (SSSR count). The van der Waals surface area contributed by atoms with E-state index >= 15 is 0 Å². The van der Waals surface area contributed by atoms with E-state index < -0.39 is 0 Å². The van der Waals surface area contributed by atoms with E-state index in [1.807, 2.05) is 0 Å². The van der Waals surface area contributed by atoms with Gasteiger partial charge in [0.2, 0.25) is 0 Å². The van der Waals surface area contributed by atoms with E-state index in [-0.39, 0.29) is 0 Å². The molecule has 0 radical (unpaired) electrons. The molecule has 3 heteroatoms. The van der Waals surface area contributed by atoms with Crippen molar-refractivity contribution >= 4 is 15.9 Å². The van der Waals surface area contributed by atoms with Crippen molar-refractivity contribution in [2.24, 2.45) is 12.8 Å². The predicted molar refractivity (Wildman–Crippen MR) is 75.1 cm³/mol. The molecule has 2 nitrogen and oxygen atoms in total. The molecule has 1 heterocycles. The van der Waals surface area contributed by atoms with Gasteiger partial charge in [0.25, 0.3) is 0 Å². The van der Waals surface area contributed by atoms with E-state index in [0.29, 0.717) is 12.5 Å². The first kappa shape index (κ1) is 12.4. The molecule has 0 bridgehead atoms. The molecule has 0 saturated carbocycles. The third-order valence-corrected chi connectivity index (χ3v) is 3.60. The lowest BCUT2D eigenvalue weighted by molar-refractivity contribution is 0.669. The Bertz CT molecular complexity index is 473. The maximum atomic E-state index is 5.73. The van der Waals surface area contributed by atoms with Crippen LogP contribution in [0.1, 0.15) is 23.6 Å². The van der Waals surface area contributed by atoms with E-state index in [1.54, 1.807) is 0 Å². The molecule has 90 valence electrons. The molecule has 2 N–H and O–H groups in total. The molecule has 1 aromatic heterocycles. The van der Waals surface area contributed by atoms with Gasteiger partial charge >= 0.3 is 0 Å². The van der Waals surface area contributed by atoms with Crippen molar-refractivity contribution in [3.63, 3.8) is 0 Å². The van der Waals surface area contributed by atoms with Gasteiger partial charge in [0.15, 0.2) is 0 Å². The van der Waals surface area contributed by atoms with Gasteiger partial charge in [-0.15, -0.1) is 0 Å². The molecule has 0 aliphatic carbocycles. The quantitative estimate of drug-likeness (QED) is 0.921. The van der Waals surface area contributed by atoms with Crippen LogP contribution in [0.3, 0.4) is 0 Å². The molecule has 1 atom stereocenters. The second kappa shape index (κ2) is 5.52. The summed E-state index contributed by atoms with van der Waals surface area (Å²) < 4.78 is 3.28. The molecule has 0 fully saturated rings. The lowest BCUT2D eigenvalue weighted by Crippen LogP contribution is -2.11. The van der Waals surface area contributed by atoms with Gasteiger partial charge in [0.1, 0.15) is 0 Å². The summed E-state index contributed by atoms with van der Waals surface area (Å²) in [5.41, 5.74) is 8.37. The lowest BCUT2D eigenvalue weighted by Gasteiger charge is -2.18. The van der Waals surface area contributed by atoms with Crippen LogP contribution in [0.5, 0.6) is 0 Å². The van der Waals surface area contributed by atoms with Crippen LogP contribution < -0.4 is 5.73 Å². The Hall–Kier alpha value is -1.06. The number of hydrogen-bond donors (Lipinski definition) is 1. The molecule has 0 aliphatic heterocycles. The molecule has 1 aromatic carbocycles. The van der Waals surface area contributed by atoms with Crippen molar-refractivity contribution < 1.29 is 0 Å². The Balaban J connectivity index is 2.35. The molecule has 0 saturated heterocycles. The van der Waals surface area contributed by atoms with E-state index in [1.165, 1.54) is 11.3 Å². The molecule has 0 amide bonds. The third kappa shape index (κ3) is 2.79. The highest BCUT2D eigenvalue weighted by Gasteiger charge is 2.15. The number of nitrogens with zero attached hydrogens (tertiary/aromatic N) is 1. The average molecular weight is 293 g/mol. The van der Waals surface area contributed by atoms with Crippen LogP contribution in [-0.2, 0) is 7.05 Å². The van der Waals surface area contributed by atoms with Crippen molar-refractivity contribution in [2.45, 2.75) is 12.3 Å². The summed E-state index contributed by atoms with van der Waals surface area (Å²) in [7, 11) is 2.08. The average Bonchev–Trinajstić information content (AvgIpc) is 2.74. The SMILES string of the molecule is Cn1cccc1C(CCN)c1ccc(Br)cc1. The molecule has 17 heavy (non-hydrogen) atoms. The summed E-state index contributed by atoms with van der Waals surface area (Å²) in [6.07, 6.45) is 3.05. The van der Waals surface area contributed by atoms with Crippen LogP contribution >= 0.6 is 15.9 Å². The summed E-state index contributed by atoms with van der Waals surface area (Å²) in [6, 6.07) is 12.7. The highest BCUT2D eigenvalue weighted by molar-refractivity contribution is 9.10. The zero-order valence-corrected chi connectivity index (χ0v) is 11.5. The first-order valence-electron chi connectivity index (χ1n) is 5.79. The van der Waals surface area contributed by atoms with Crippen molar-refractivity contribution in [3.8, 4) is 0 Å². The number of hydrogen-bond acceptors (Lipinski definition) is 1. The summed E-state index contributed by atoms with van der Waals surface area (Å²) in [4.78, 5) is 0. The Morgan fingerprint density at radius 1 is 1.24 bits per heavy atom. The summed E-state index contributed by atoms with van der Waals surface area (Å²) in [5, 5.41) is 0. The molecule has 1 unspecified atom stereocenters. The summed E-state index contributed by atoms with van der Waals surface area (Å²) in [5.74, 6) is 0.382. The lowest BCUT2D eigenvalue weighted by atomic mass is 9.92. The monoisotopic (exact) mass is 292 g/mol. The zero-order chi connectivity index (χ0) is 12.3. The standard InChI is InChI=1S/C14H17BrN2/c1-17-10-2-3-14(17)13(8-9-16)11-4-6-12(15)7-5-11/h2-7,10,13H,8-9,16H2,1H3. The second-order valence-electron chi connectivity index (χ2n) is 4.23. The Kier molecular flexibility index (Phi) is 4.02. The summed E-state index contributed by atoms with van der Waals surface area (Å²) >= 11 is 3.47. The van der Waals surface area contributed by atoms with E-state index in [9.17, 15) is 0 Å².